The van der Waals surface area contributed by atoms with Crippen LogP contribution in [0.25, 0.3) is 0 Å². The van der Waals surface area contributed by atoms with Gasteiger partial charge in [0.15, 0.2) is 5.76 Å². The zero-order chi connectivity index (χ0) is 18.4. The molecule has 3 aromatic rings. The lowest BCUT2D eigenvalue weighted by Gasteiger charge is -2.06. The zero-order valence-corrected chi connectivity index (χ0v) is 15.0. The van der Waals surface area contributed by atoms with Crippen molar-refractivity contribution < 1.29 is 14.0 Å². The van der Waals surface area contributed by atoms with Gasteiger partial charge in [0, 0.05) is 34.5 Å². The molecular weight excluding hydrogens is 348 g/mol. The molecule has 2 amide bonds. The first kappa shape index (κ1) is 17.8. The van der Waals surface area contributed by atoms with Gasteiger partial charge in [0.25, 0.3) is 11.8 Å². The largest absolute Gasteiger partial charge is 0.459 e. The minimum absolute atomic E-state index is 0.172. The number of thioether (sulfide) groups is 1. The normalized spacial score (nSPS) is 10.3. The number of anilines is 1. The number of amides is 2. The highest BCUT2D eigenvalue weighted by molar-refractivity contribution is 7.98. The van der Waals surface area contributed by atoms with E-state index in [4.69, 9.17) is 4.42 Å². The fourth-order valence-corrected chi connectivity index (χ4v) is 3.26. The molecule has 0 spiro atoms. The molecule has 2 N–H and O–H groups in total. The molecule has 0 saturated carbocycles. The van der Waals surface area contributed by atoms with Crippen molar-refractivity contribution in [1.29, 1.82) is 0 Å². The Morgan fingerprint density at radius 2 is 1.69 bits per heavy atom. The quantitative estimate of drug-likeness (QED) is 0.642. The average molecular weight is 366 g/mol. The number of benzene rings is 2. The minimum atomic E-state index is -0.314. The van der Waals surface area contributed by atoms with Gasteiger partial charge in [-0.25, -0.2) is 0 Å². The summed E-state index contributed by atoms with van der Waals surface area (Å²) in [6.45, 7) is 0. The van der Waals surface area contributed by atoms with E-state index in [2.05, 4.69) is 10.6 Å². The molecule has 0 radical (unpaired) electrons. The van der Waals surface area contributed by atoms with Crippen LogP contribution in [0.2, 0.25) is 0 Å². The molecule has 26 heavy (non-hydrogen) atoms. The third-order valence-electron chi connectivity index (χ3n) is 3.72. The van der Waals surface area contributed by atoms with Crippen LogP contribution in [0.5, 0.6) is 0 Å². The van der Waals surface area contributed by atoms with Crippen LogP contribution in [0.3, 0.4) is 0 Å². The van der Waals surface area contributed by atoms with Gasteiger partial charge in [-0.2, -0.15) is 0 Å². The van der Waals surface area contributed by atoms with Crippen LogP contribution in [-0.4, -0.2) is 18.9 Å². The van der Waals surface area contributed by atoms with Gasteiger partial charge >= 0.3 is 0 Å². The molecule has 1 heterocycles. The lowest BCUT2D eigenvalue weighted by Crippen LogP contribution is -2.18. The van der Waals surface area contributed by atoms with Crippen LogP contribution in [0.1, 0.15) is 26.5 Å². The first-order chi connectivity index (χ1) is 12.7. The van der Waals surface area contributed by atoms with E-state index < -0.39 is 0 Å². The van der Waals surface area contributed by atoms with Gasteiger partial charge in [-0.15, -0.1) is 11.8 Å². The van der Waals surface area contributed by atoms with E-state index in [-0.39, 0.29) is 11.8 Å². The monoisotopic (exact) mass is 366 g/mol. The third-order valence-corrected chi connectivity index (χ3v) is 4.78. The summed E-state index contributed by atoms with van der Waals surface area (Å²) in [6.07, 6.45) is 1.52. The highest BCUT2D eigenvalue weighted by Crippen LogP contribution is 2.25. The first-order valence-electron chi connectivity index (χ1n) is 8.05. The maximum absolute atomic E-state index is 12.5. The Hall–Kier alpha value is -2.99. The molecule has 0 atom stereocenters. The smallest absolute Gasteiger partial charge is 0.291 e. The molecule has 6 heteroatoms. The summed E-state index contributed by atoms with van der Waals surface area (Å²) >= 11 is 1.64. The number of hydrogen-bond donors (Lipinski definition) is 2. The Labute approximate surface area is 155 Å². The molecule has 3 rings (SSSR count). The number of furan rings is 1. The highest BCUT2D eigenvalue weighted by Gasteiger charge is 2.16. The Kier molecular flexibility index (Phi) is 5.76. The van der Waals surface area contributed by atoms with Gasteiger partial charge in [0.2, 0.25) is 0 Å². The van der Waals surface area contributed by atoms with Crippen molar-refractivity contribution in [3.05, 3.63) is 83.8 Å². The molecule has 132 valence electrons. The second kappa shape index (κ2) is 8.40. The summed E-state index contributed by atoms with van der Waals surface area (Å²) in [5.41, 5.74) is 1.96. The molecule has 0 aliphatic rings. The Bertz CT molecular complexity index is 889. The Morgan fingerprint density at radius 3 is 2.38 bits per heavy atom. The average Bonchev–Trinajstić information content (AvgIpc) is 3.16. The fraction of sp³-hybridized carbons (Fsp3) is 0.100. The van der Waals surface area contributed by atoms with Gasteiger partial charge in [-0.3, -0.25) is 9.59 Å². The van der Waals surface area contributed by atoms with Crippen LogP contribution in [0.4, 0.5) is 5.69 Å². The molecule has 0 aliphatic heterocycles. The molecule has 1 aromatic heterocycles. The van der Waals surface area contributed by atoms with Crippen LogP contribution in [0, 0.1) is 0 Å². The molecule has 0 bridgehead atoms. The first-order valence-corrected chi connectivity index (χ1v) is 9.03. The van der Waals surface area contributed by atoms with Gasteiger partial charge in [0.05, 0.1) is 6.26 Å². The van der Waals surface area contributed by atoms with E-state index in [9.17, 15) is 9.59 Å². The minimum Gasteiger partial charge on any atom is -0.459 e. The summed E-state index contributed by atoms with van der Waals surface area (Å²) in [4.78, 5) is 25.2. The van der Waals surface area contributed by atoms with Crippen LogP contribution in [0.15, 0.2) is 76.2 Å². The predicted octanol–water partition coefficient (Wildman–Crippen LogP) is 4.18. The Morgan fingerprint density at radius 1 is 0.962 bits per heavy atom. The standard InChI is InChI=1S/C20H18N2O3S/c1-21-19(23)14-7-9-16(10-8-14)22-20(24)18-15(11-12-25-18)13-26-17-5-3-2-4-6-17/h2-12H,13H2,1H3,(H,21,23)(H,22,24). The van der Waals surface area contributed by atoms with E-state index in [1.165, 1.54) is 6.26 Å². The Balaban J connectivity index is 1.65. The summed E-state index contributed by atoms with van der Waals surface area (Å²) in [5.74, 6) is 0.447. The van der Waals surface area contributed by atoms with Crippen LogP contribution in [-0.2, 0) is 5.75 Å². The van der Waals surface area contributed by atoms with Gasteiger partial charge in [-0.1, -0.05) is 18.2 Å². The lowest BCUT2D eigenvalue weighted by molar-refractivity contribution is 0.0962. The predicted molar refractivity (Wildman–Crippen MR) is 102 cm³/mol. The number of nitrogens with one attached hydrogen (secondary N) is 2. The van der Waals surface area contributed by atoms with E-state index in [0.29, 0.717) is 22.8 Å². The number of hydrogen-bond acceptors (Lipinski definition) is 4. The molecule has 0 saturated heterocycles. The van der Waals surface area contributed by atoms with E-state index in [1.54, 1.807) is 49.1 Å². The van der Waals surface area contributed by atoms with Crippen molar-refractivity contribution in [1.82, 2.24) is 5.32 Å². The van der Waals surface area contributed by atoms with Gasteiger partial charge < -0.3 is 15.1 Å². The van der Waals surface area contributed by atoms with Gasteiger partial charge in [-0.05, 0) is 42.5 Å². The third kappa shape index (κ3) is 4.34. The van der Waals surface area contributed by atoms with Crippen molar-refractivity contribution >= 4 is 29.3 Å². The molecule has 5 nitrogen and oxygen atoms in total. The molecule has 0 unspecified atom stereocenters. The summed E-state index contributed by atoms with van der Waals surface area (Å²) < 4.78 is 5.38. The topological polar surface area (TPSA) is 71.3 Å². The highest BCUT2D eigenvalue weighted by atomic mass is 32.2. The van der Waals surface area contributed by atoms with Gasteiger partial charge in [0.1, 0.15) is 0 Å². The molecular formula is C20H18N2O3S. The van der Waals surface area contributed by atoms with Crippen molar-refractivity contribution in [3.8, 4) is 0 Å². The molecule has 2 aromatic carbocycles. The molecule has 0 fully saturated rings. The lowest BCUT2D eigenvalue weighted by atomic mass is 10.2. The van der Waals surface area contributed by atoms with Crippen molar-refractivity contribution in [2.75, 3.05) is 12.4 Å². The van der Waals surface area contributed by atoms with E-state index in [0.717, 1.165) is 10.5 Å². The summed E-state index contributed by atoms with van der Waals surface area (Å²) in [5, 5.41) is 5.35. The number of carbonyl (C=O) groups is 2. The van der Waals surface area contributed by atoms with Crippen LogP contribution >= 0.6 is 11.8 Å². The summed E-state index contributed by atoms with van der Waals surface area (Å²) in [7, 11) is 1.57. The number of carbonyl (C=O) groups excluding carboxylic acids is 2. The maximum atomic E-state index is 12.5. The second-order valence-electron chi connectivity index (χ2n) is 5.49. The fourth-order valence-electron chi connectivity index (χ4n) is 2.36. The van der Waals surface area contributed by atoms with Crippen molar-refractivity contribution in [2.24, 2.45) is 0 Å². The van der Waals surface area contributed by atoms with Crippen molar-refractivity contribution in [2.45, 2.75) is 10.6 Å². The maximum Gasteiger partial charge on any atom is 0.291 e. The second-order valence-corrected chi connectivity index (χ2v) is 6.54. The SMILES string of the molecule is CNC(=O)c1ccc(NC(=O)c2occc2CSc2ccccc2)cc1. The van der Waals surface area contributed by atoms with E-state index in [1.807, 2.05) is 30.3 Å². The van der Waals surface area contributed by atoms with E-state index >= 15 is 0 Å². The molecule has 0 aliphatic carbocycles. The van der Waals surface area contributed by atoms with Crippen LogP contribution < -0.4 is 10.6 Å². The summed E-state index contributed by atoms with van der Waals surface area (Å²) in [6, 6.07) is 18.5. The van der Waals surface area contributed by atoms with Crippen molar-refractivity contribution in [3.63, 3.8) is 0 Å². The zero-order valence-electron chi connectivity index (χ0n) is 14.2. The number of rotatable bonds is 6.